The topological polar surface area (TPSA) is 56.0 Å². The summed E-state index contributed by atoms with van der Waals surface area (Å²) in [6.45, 7) is 0. The Bertz CT molecular complexity index is 357. The molecule has 1 heterocycles. The Balaban J connectivity index is 3.32. The second-order valence-electron chi connectivity index (χ2n) is 2.36. The van der Waals surface area contributed by atoms with Crippen molar-refractivity contribution in [3.05, 3.63) is 29.1 Å². The number of pyridine rings is 1. The molecule has 0 saturated carbocycles. The van der Waals surface area contributed by atoms with Gasteiger partial charge in [0, 0.05) is 6.07 Å². The number of primary amides is 1. The molecule has 0 fully saturated rings. The first-order chi connectivity index (χ1) is 6.43. The van der Waals surface area contributed by atoms with E-state index in [0.29, 0.717) is 6.07 Å². The van der Waals surface area contributed by atoms with Crippen molar-refractivity contribution in [3.8, 4) is 0 Å². The number of alkyl halides is 2. The fourth-order valence-electron chi connectivity index (χ4n) is 0.815. The summed E-state index contributed by atoms with van der Waals surface area (Å²) in [5.41, 5.74) is 2.46. The number of nitrogens with zero attached hydrogens (tertiary/aromatic N) is 1. The summed E-state index contributed by atoms with van der Waals surface area (Å²) in [5.74, 6) is -4.46. The molecule has 1 aromatic heterocycles. The van der Waals surface area contributed by atoms with E-state index in [1.54, 1.807) is 0 Å². The zero-order chi connectivity index (χ0) is 10.9. The molecule has 2 N–H and O–H groups in total. The third-order valence-corrected chi connectivity index (χ3v) is 1.43. The molecule has 76 valence electrons. The maximum Gasteiger partial charge on any atom is 0.271 e. The molecule has 0 spiro atoms. The van der Waals surface area contributed by atoms with Gasteiger partial charge in [-0.25, -0.2) is 18.2 Å². The predicted octanol–water partition coefficient (Wildman–Crippen LogP) is 1.40. The van der Waals surface area contributed by atoms with Gasteiger partial charge in [-0.15, -0.1) is 0 Å². The van der Waals surface area contributed by atoms with E-state index >= 15 is 0 Å². The molecule has 0 radical (unpaired) electrons. The SMILES string of the molecule is NC(=O)c1cc(F)c(C(F)F)c(F)n1. The van der Waals surface area contributed by atoms with Crippen molar-refractivity contribution >= 4 is 5.91 Å². The quantitative estimate of drug-likeness (QED) is 0.589. The number of halogens is 4. The van der Waals surface area contributed by atoms with Gasteiger partial charge in [-0.1, -0.05) is 0 Å². The molecule has 0 aliphatic heterocycles. The minimum atomic E-state index is -3.33. The molecule has 0 aromatic carbocycles. The first kappa shape index (κ1) is 10.4. The molecule has 0 aliphatic carbocycles. The normalized spacial score (nSPS) is 10.6. The number of rotatable bonds is 2. The second-order valence-corrected chi connectivity index (χ2v) is 2.36. The molecule has 0 unspecified atom stereocenters. The first-order valence-corrected chi connectivity index (χ1v) is 3.37. The van der Waals surface area contributed by atoms with E-state index in [1.165, 1.54) is 0 Å². The lowest BCUT2D eigenvalue weighted by Gasteiger charge is -2.03. The van der Waals surface area contributed by atoms with Gasteiger partial charge in [-0.2, -0.15) is 4.39 Å². The van der Waals surface area contributed by atoms with Crippen LogP contribution in [0.2, 0.25) is 0 Å². The van der Waals surface area contributed by atoms with Gasteiger partial charge in [0.15, 0.2) is 0 Å². The zero-order valence-electron chi connectivity index (χ0n) is 6.60. The van der Waals surface area contributed by atoms with Crippen LogP contribution in [0.1, 0.15) is 22.5 Å². The maximum atomic E-state index is 12.8. The van der Waals surface area contributed by atoms with Crippen LogP contribution < -0.4 is 5.73 Å². The molecule has 0 bridgehead atoms. The molecule has 3 nitrogen and oxygen atoms in total. The van der Waals surface area contributed by atoms with Gasteiger partial charge in [-0.3, -0.25) is 4.79 Å². The largest absolute Gasteiger partial charge is 0.364 e. The number of hydrogen-bond acceptors (Lipinski definition) is 2. The second kappa shape index (κ2) is 3.60. The van der Waals surface area contributed by atoms with Gasteiger partial charge in [0.2, 0.25) is 5.95 Å². The lowest BCUT2D eigenvalue weighted by atomic mass is 10.2. The Labute approximate surface area is 75.5 Å². The summed E-state index contributed by atoms with van der Waals surface area (Å²) in [6.07, 6.45) is -3.33. The van der Waals surface area contributed by atoms with E-state index in [0.717, 1.165) is 0 Å². The van der Waals surface area contributed by atoms with Crippen molar-refractivity contribution in [2.45, 2.75) is 6.43 Å². The highest BCUT2D eigenvalue weighted by atomic mass is 19.3. The van der Waals surface area contributed by atoms with Crippen LogP contribution >= 0.6 is 0 Å². The highest BCUT2D eigenvalue weighted by Gasteiger charge is 2.22. The summed E-state index contributed by atoms with van der Waals surface area (Å²) < 4.78 is 49.4. The number of aromatic nitrogens is 1. The molecule has 0 saturated heterocycles. The number of carbonyl (C=O) groups is 1. The first-order valence-electron chi connectivity index (χ1n) is 3.37. The van der Waals surface area contributed by atoms with Gasteiger partial charge in [0.25, 0.3) is 12.3 Å². The van der Waals surface area contributed by atoms with Gasteiger partial charge < -0.3 is 5.73 Å². The van der Waals surface area contributed by atoms with Crippen LogP contribution in [0.25, 0.3) is 0 Å². The van der Waals surface area contributed by atoms with Gasteiger partial charge in [0.1, 0.15) is 17.1 Å². The third kappa shape index (κ3) is 1.81. The van der Waals surface area contributed by atoms with Crippen LogP contribution in [0, 0.1) is 11.8 Å². The molecular formula is C7H4F4N2O. The molecule has 1 rings (SSSR count). The van der Waals surface area contributed by atoms with Crippen molar-refractivity contribution in [2.75, 3.05) is 0 Å². The minimum absolute atomic E-state index is 0.368. The van der Waals surface area contributed by atoms with Crippen molar-refractivity contribution < 1.29 is 22.4 Å². The summed E-state index contributed by atoms with van der Waals surface area (Å²) in [7, 11) is 0. The standard InChI is InChI=1S/C7H4F4N2O/c8-2-1-3(7(12)14)13-6(11)4(2)5(9)10/h1,5H,(H2,12,14). The van der Waals surface area contributed by atoms with Crippen molar-refractivity contribution in [1.29, 1.82) is 0 Å². The smallest absolute Gasteiger partial charge is 0.271 e. The molecule has 7 heteroatoms. The van der Waals surface area contributed by atoms with Crippen molar-refractivity contribution in [2.24, 2.45) is 5.73 Å². The minimum Gasteiger partial charge on any atom is -0.364 e. The summed E-state index contributed by atoms with van der Waals surface area (Å²) in [5, 5.41) is 0. The van der Waals surface area contributed by atoms with E-state index in [2.05, 4.69) is 10.7 Å². The summed E-state index contributed by atoms with van der Waals surface area (Å²) in [4.78, 5) is 13.2. The van der Waals surface area contributed by atoms with Gasteiger partial charge >= 0.3 is 0 Å². The number of hydrogen-bond donors (Lipinski definition) is 1. The van der Waals surface area contributed by atoms with Gasteiger partial charge in [-0.05, 0) is 0 Å². The average Bonchev–Trinajstić information content (AvgIpc) is 2.01. The highest BCUT2D eigenvalue weighted by Crippen LogP contribution is 2.24. The Kier molecular flexibility index (Phi) is 2.68. The fraction of sp³-hybridized carbons (Fsp3) is 0.143. The van der Waals surface area contributed by atoms with E-state index < -0.39 is 35.4 Å². The lowest BCUT2D eigenvalue weighted by molar-refractivity contribution is 0.0991. The average molecular weight is 208 g/mol. The maximum absolute atomic E-state index is 12.8. The lowest BCUT2D eigenvalue weighted by Crippen LogP contribution is -2.15. The highest BCUT2D eigenvalue weighted by molar-refractivity contribution is 5.90. The van der Waals surface area contributed by atoms with E-state index in [4.69, 9.17) is 0 Å². The molecule has 0 aliphatic rings. The van der Waals surface area contributed by atoms with Crippen LogP contribution in [-0.4, -0.2) is 10.9 Å². The molecule has 1 aromatic rings. The number of amides is 1. The van der Waals surface area contributed by atoms with Crippen LogP contribution in [0.15, 0.2) is 6.07 Å². The van der Waals surface area contributed by atoms with E-state index in [9.17, 15) is 22.4 Å². The van der Waals surface area contributed by atoms with Crippen LogP contribution in [0.3, 0.4) is 0 Å². The third-order valence-electron chi connectivity index (χ3n) is 1.43. The monoisotopic (exact) mass is 208 g/mol. The molecule has 1 amide bonds. The predicted molar refractivity (Wildman–Crippen MR) is 37.6 cm³/mol. The summed E-state index contributed by atoms with van der Waals surface area (Å²) in [6, 6.07) is 0.368. The molecule has 0 atom stereocenters. The Morgan fingerprint density at radius 2 is 2.00 bits per heavy atom. The van der Waals surface area contributed by atoms with Crippen LogP contribution in [0.5, 0.6) is 0 Å². The molecule has 14 heavy (non-hydrogen) atoms. The Morgan fingerprint density at radius 1 is 1.43 bits per heavy atom. The Hall–Kier alpha value is -1.66. The van der Waals surface area contributed by atoms with Crippen LogP contribution in [-0.2, 0) is 0 Å². The number of carbonyl (C=O) groups excluding carboxylic acids is 1. The van der Waals surface area contributed by atoms with Crippen LogP contribution in [0.4, 0.5) is 17.6 Å². The number of nitrogens with two attached hydrogens (primary N) is 1. The zero-order valence-corrected chi connectivity index (χ0v) is 6.60. The van der Waals surface area contributed by atoms with Crippen molar-refractivity contribution in [3.63, 3.8) is 0 Å². The summed E-state index contributed by atoms with van der Waals surface area (Å²) >= 11 is 0. The van der Waals surface area contributed by atoms with Gasteiger partial charge in [0.05, 0.1) is 0 Å². The van der Waals surface area contributed by atoms with Crippen molar-refractivity contribution in [1.82, 2.24) is 4.98 Å². The van der Waals surface area contributed by atoms with E-state index in [1.807, 2.05) is 0 Å². The van der Waals surface area contributed by atoms with E-state index in [-0.39, 0.29) is 0 Å². The fourth-order valence-corrected chi connectivity index (χ4v) is 0.815. The molecular weight excluding hydrogens is 204 g/mol. The Morgan fingerprint density at radius 3 is 2.36 bits per heavy atom.